The minimum absolute atomic E-state index is 0.0361. The van der Waals surface area contributed by atoms with Crippen molar-refractivity contribution in [3.8, 4) is 0 Å². The molecule has 7 rings (SSSR count). The zero-order valence-electron chi connectivity index (χ0n) is 61.4. The van der Waals surface area contributed by atoms with Crippen LogP contribution in [0, 0.1) is 69.5 Å². The Morgan fingerprint density at radius 1 is 0.447 bits per heavy atom. The fourth-order valence-corrected chi connectivity index (χ4v) is 24.4. The van der Waals surface area contributed by atoms with E-state index in [-0.39, 0.29) is 48.2 Å². The van der Waals surface area contributed by atoms with Gasteiger partial charge in [-0.15, -0.1) is 0 Å². The molecule has 0 bridgehead atoms. The molecule has 0 heterocycles. The summed E-state index contributed by atoms with van der Waals surface area (Å²) in [6, 6.07) is 0. The van der Waals surface area contributed by atoms with Crippen molar-refractivity contribution in [2.24, 2.45) is 69.5 Å². The first-order chi connectivity index (χ1) is 38.9. The lowest BCUT2D eigenvalue weighted by Crippen LogP contribution is -2.49. The van der Waals surface area contributed by atoms with E-state index >= 15 is 0 Å². The maximum absolute atomic E-state index is 12.5. The summed E-state index contributed by atoms with van der Waals surface area (Å²) in [5, 5.41) is 0.812. The Hall–Kier alpha value is -0.459. The average molecular weight is 1240 g/mol. The molecule has 12 atom stereocenters. The smallest absolute Gasteiger partial charge is 0.192 e. The Labute approximate surface area is 531 Å². The number of carbonyl (C=O) groups excluding carboxylic acids is 3. The third kappa shape index (κ3) is 17.8. The first-order valence-corrected chi connectivity index (χ1v) is 45.3. The largest absolute Gasteiger partial charge is 0.412 e. The lowest BCUT2D eigenvalue weighted by molar-refractivity contribution is -0.131. The van der Waals surface area contributed by atoms with Crippen LogP contribution >= 0.6 is 0 Å². The highest BCUT2D eigenvalue weighted by molar-refractivity contribution is 6.75. The van der Waals surface area contributed by atoms with Crippen molar-refractivity contribution in [1.82, 2.24) is 0 Å². The van der Waals surface area contributed by atoms with E-state index in [1.807, 2.05) is 0 Å². The quantitative estimate of drug-likeness (QED) is 0.0949. The summed E-state index contributed by atoms with van der Waals surface area (Å²) in [5.41, 5.74) is 1.02. The second-order valence-corrected chi connectivity index (χ2v) is 51.1. The molecule has 0 aliphatic heterocycles. The standard InChI is InChI=1S/C26H48O2Si.C26H50O2Si.C24H46O2Si/c1-20(21-14-15-22-23(27)13-11-16-25(21,22)5)12-10-19-26(17-8-9-18-26)28-29(6,7)24(2,3)4;1-10-26(11-2,28-29(8,9)24(4,5)6)19-12-14-20(3)21-16-17-22-23(27)15-13-18-25(21,22)7;1-18(19-14-15-20-21(25)13-11-17-24(19,20)7)12-10-16-23(5,6)26-27(8,9)22(2,3)4/h20-22H,8-19H2,1-7H3;20-22H,10-19H2,1-9H3;18-20H,10-17H2,1-9H3/t2*20-,21+,22-,25+;18-,19+,20-,24+/m000/s1. The van der Waals surface area contributed by atoms with E-state index in [1.165, 1.54) is 116 Å². The van der Waals surface area contributed by atoms with Gasteiger partial charge < -0.3 is 13.3 Å². The molecule has 0 aromatic rings. The van der Waals surface area contributed by atoms with E-state index in [2.05, 4.69) is 171 Å². The molecule has 0 unspecified atom stereocenters. The number of carbonyl (C=O) groups is 3. The summed E-state index contributed by atoms with van der Waals surface area (Å²) in [5.74, 6) is 7.16. The highest BCUT2D eigenvalue weighted by Crippen LogP contribution is 2.60. The Morgan fingerprint density at radius 3 is 1.12 bits per heavy atom. The Bertz CT molecular complexity index is 2060. The molecule has 496 valence electrons. The molecule has 7 fully saturated rings. The van der Waals surface area contributed by atoms with Crippen LogP contribution in [0.4, 0.5) is 0 Å². The fourth-order valence-electron chi connectivity index (χ4n) is 19.2. The third-order valence-electron chi connectivity index (χ3n) is 27.6. The van der Waals surface area contributed by atoms with E-state index in [1.54, 1.807) is 0 Å². The number of hydrogen-bond acceptors (Lipinski definition) is 6. The molecule has 7 aliphatic rings. The monoisotopic (exact) mass is 1240 g/mol. The van der Waals surface area contributed by atoms with E-state index in [0.29, 0.717) is 35.1 Å². The van der Waals surface area contributed by atoms with Crippen molar-refractivity contribution in [3.63, 3.8) is 0 Å². The zero-order valence-corrected chi connectivity index (χ0v) is 64.4. The molecular weight excluding hydrogens is 1090 g/mol. The zero-order chi connectivity index (χ0) is 64.3. The summed E-state index contributed by atoms with van der Waals surface area (Å²) in [6.07, 6.45) is 35.6. The number of ketones is 3. The molecular formula is C76H144O6Si3. The molecule has 0 aromatic carbocycles. The number of hydrogen-bond donors (Lipinski definition) is 0. The molecule has 9 heteroatoms. The molecule has 0 N–H and O–H groups in total. The Morgan fingerprint density at radius 2 is 0.776 bits per heavy atom. The molecule has 0 radical (unpaired) electrons. The minimum atomic E-state index is -1.77. The average Bonchev–Trinajstić information content (AvgIpc) is 1.86. The molecule has 0 amide bonds. The van der Waals surface area contributed by atoms with Gasteiger partial charge in [-0.25, -0.2) is 0 Å². The van der Waals surface area contributed by atoms with Gasteiger partial charge in [0.05, 0.1) is 16.8 Å². The van der Waals surface area contributed by atoms with Crippen molar-refractivity contribution in [2.75, 3.05) is 0 Å². The SMILES string of the molecule is CCC(CC)(CCC[C@H](C)[C@H]1CC[C@H]2C(=O)CCC[C@]12C)O[Si](C)(C)C(C)(C)C.C[C@@H](CCCC(C)(C)O[Si](C)(C)C(C)(C)C)[C@H]1CC[C@H]2C(=O)CCC[C@]12C.C[C@@H](CCCC1(O[Si](C)(C)C(C)(C)C)CCCC1)[C@H]1CC[C@H]2C(=O)CCC[C@]12C. The maximum Gasteiger partial charge on any atom is 0.192 e. The van der Waals surface area contributed by atoms with Crippen molar-refractivity contribution >= 4 is 42.3 Å². The van der Waals surface area contributed by atoms with Gasteiger partial charge >= 0.3 is 0 Å². The minimum Gasteiger partial charge on any atom is -0.412 e. The van der Waals surface area contributed by atoms with Crippen molar-refractivity contribution in [3.05, 3.63) is 0 Å². The van der Waals surface area contributed by atoms with E-state index < -0.39 is 25.0 Å². The van der Waals surface area contributed by atoms with E-state index in [0.717, 1.165) is 113 Å². The first-order valence-electron chi connectivity index (χ1n) is 36.6. The number of Topliss-reactive ketones (excluding diaryl/α,β-unsaturated/α-hetero) is 3. The number of fused-ring (bicyclic) bond motifs is 3. The van der Waals surface area contributed by atoms with Gasteiger partial charge in [-0.05, 0) is 242 Å². The second-order valence-electron chi connectivity index (χ2n) is 36.9. The predicted molar refractivity (Wildman–Crippen MR) is 372 cm³/mol. The van der Waals surface area contributed by atoms with Gasteiger partial charge in [0.25, 0.3) is 0 Å². The van der Waals surface area contributed by atoms with Crippen LogP contribution in [0.5, 0.6) is 0 Å². The van der Waals surface area contributed by atoms with Gasteiger partial charge in [-0.1, -0.05) is 169 Å². The summed E-state index contributed by atoms with van der Waals surface area (Å²) < 4.78 is 20.8. The van der Waals surface area contributed by atoms with Crippen LogP contribution in [0.2, 0.25) is 54.4 Å². The van der Waals surface area contributed by atoms with Crippen molar-refractivity contribution in [1.29, 1.82) is 0 Å². The Kier molecular flexibility index (Phi) is 25.5. The van der Waals surface area contributed by atoms with Gasteiger partial charge in [0.15, 0.2) is 25.0 Å². The van der Waals surface area contributed by atoms with Crippen LogP contribution < -0.4 is 0 Å². The van der Waals surface area contributed by atoms with Crippen LogP contribution in [0.25, 0.3) is 0 Å². The second kappa shape index (κ2) is 28.8. The van der Waals surface area contributed by atoms with Crippen LogP contribution in [0.15, 0.2) is 0 Å². The topological polar surface area (TPSA) is 78.9 Å². The summed E-state index contributed by atoms with van der Waals surface area (Å²) in [4.78, 5) is 37.3. The summed E-state index contributed by atoms with van der Waals surface area (Å²) in [7, 11) is -5.21. The lowest BCUT2D eigenvalue weighted by atomic mass is 9.62. The molecule has 0 aromatic heterocycles. The van der Waals surface area contributed by atoms with E-state index in [9.17, 15) is 14.4 Å². The molecule has 7 saturated carbocycles. The molecule has 85 heavy (non-hydrogen) atoms. The van der Waals surface area contributed by atoms with Gasteiger partial charge in [0, 0.05) is 37.0 Å². The van der Waals surface area contributed by atoms with Gasteiger partial charge in [-0.2, -0.15) is 0 Å². The summed E-state index contributed by atoms with van der Waals surface area (Å²) >= 11 is 0. The van der Waals surface area contributed by atoms with E-state index in [4.69, 9.17) is 13.3 Å². The van der Waals surface area contributed by atoms with Crippen LogP contribution in [-0.2, 0) is 27.7 Å². The van der Waals surface area contributed by atoms with Gasteiger partial charge in [-0.3, -0.25) is 14.4 Å². The highest BCUT2D eigenvalue weighted by atomic mass is 28.4. The third-order valence-corrected chi connectivity index (χ3v) is 41.4. The van der Waals surface area contributed by atoms with Gasteiger partial charge in [0.2, 0.25) is 0 Å². The van der Waals surface area contributed by atoms with Gasteiger partial charge in [0.1, 0.15) is 17.3 Å². The van der Waals surface area contributed by atoms with Crippen molar-refractivity contribution in [2.45, 2.75) is 395 Å². The molecule has 7 aliphatic carbocycles. The number of rotatable bonds is 23. The van der Waals surface area contributed by atoms with Crippen molar-refractivity contribution < 1.29 is 27.7 Å². The molecule has 0 spiro atoms. The predicted octanol–water partition coefficient (Wildman–Crippen LogP) is 23.5. The van der Waals surface area contributed by atoms with Crippen LogP contribution in [-0.4, -0.2) is 59.1 Å². The maximum atomic E-state index is 12.5. The fraction of sp³-hybridized carbons (Fsp3) is 0.961. The first kappa shape index (κ1) is 75.3. The lowest BCUT2D eigenvalue weighted by Gasteiger charge is -2.46. The van der Waals surface area contributed by atoms with Crippen LogP contribution in [0.1, 0.15) is 324 Å². The normalized spacial score (nSPS) is 31.5. The molecule has 6 nitrogen and oxygen atoms in total. The molecule has 0 saturated heterocycles. The van der Waals surface area contributed by atoms with Crippen LogP contribution in [0.3, 0.4) is 0 Å². The Balaban J connectivity index is 0.000000233. The summed E-state index contributed by atoms with van der Waals surface area (Å²) in [6.45, 7) is 59.4. The highest BCUT2D eigenvalue weighted by Gasteiger charge is 2.56.